The van der Waals surface area contributed by atoms with Gasteiger partial charge in [-0.05, 0) is 45.3 Å². The second-order valence-corrected chi connectivity index (χ2v) is 5.42. The second-order valence-electron chi connectivity index (χ2n) is 5.42. The highest BCUT2D eigenvalue weighted by Gasteiger charge is 2.16. The molecule has 1 saturated heterocycles. The summed E-state index contributed by atoms with van der Waals surface area (Å²) in [5, 5.41) is 6.10. The van der Waals surface area contributed by atoms with Crippen molar-refractivity contribution in [3.8, 4) is 0 Å². The average molecular weight is 241 g/mol. The quantitative estimate of drug-likeness (QED) is 0.724. The Morgan fingerprint density at radius 2 is 2.00 bits per heavy atom. The first-order valence-electron chi connectivity index (χ1n) is 6.76. The second kappa shape index (κ2) is 7.67. The first-order chi connectivity index (χ1) is 8.08. The molecule has 1 fully saturated rings. The molecule has 4 heteroatoms. The van der Waals surface area contributed by atoms with E-state index in [-0.39, 0.29) is 5.91 Å². The van der Waals surface area contributed by atoms with E-state index in [1.165, 1.54) is 25.9 Å². The summed E-state index contributed by atoms with van der Waals surface area (Å²) in [6.07, 6.45) is 3.68. The number of piperidine rings is 1. The lowest BCUT2D eigenvalue weighted by Crippen LogP contribution is -2.38. The van der Waals surface area contributed by atoms with Gasteiger partial charge in [-0.1, -0.05) is 13.8 Å². The largest absolute Gasteiger partial charge is 0.355 e. The van der Waals surface area contributed by atoms with E-state index in [1.54, 1.807) is 0 Å². The number of nitrogens with one attached hydrogen (secondary N) is 2. The van der Waals surface area contributed by atoms with E-state index in [4.69, 9.17) is 0 Å². The van der Waals surface area contributed by atoms with Gasteiger partial charge >= 0.3 is 0 Å². The van der Waals surface area contributed by atoms with Crippen LogP contribution in [0.25, 0.3) is 0 Å². The molecule has 0 radical (unpaired) electrons. The summed E-state index contributed by atoms with van der Waals surface area (Å²) < 4.78 is 0. The summed E-state index contributed by atoms with van der Waals surface area (Å²) in [6, 6.07) is 0.370. The van der Waals surface area contributed by atoms with Crippen LogP contribution in [-0.4, -0.2) is 50.1 Å². The molecule has 100 valence electrons. The fraction of sp³-hybridized carbons (Fsp3) is 0.923. The molecule has 0 aromatic rings. The molecule has 1 aliphatic heterocycles. The fourth-order valence-corrected chi connectivity index (χ4v) is 2.13. The van der Waals surface area contributed by atoms with Gasteiger partial charge in [0, 0.05) is 12.6 Å². The minimum atomic E-state index is 0.117. The number of rotatable bonds is 6. The van der Waals surface area contributed by atoms with E-state index in [0.717, 1.165) is 18.9 Å². The molecule has 1 aliphatic rings. The lowest BCUT2D eigenvalue weighted by Gasteiger charge is -2.28. The summed E-state index contributed by atoms with van der Waals surface area (Å²) in [7, 11) is 2.18. The summed E-state index contributed by atoms with van der Waals surface area (Å²) >= 11 is 0. The van der Waals surface area contributed by atoms with Crippen LogP contribution in [0, 0.1) is 5.92 Å². The Bertz CT molecular complexity index is 223. The third kappa shape index (κ3) is 6.64. The topological polar surface area (TPSA) is 44.4 Å². The molecular weight excluding hydrogens is 214 g/mol. The molecule has 0 unspecified atom stereocenters. The maximum absolute atomic E-state index is 11.5. The highest BCUT2D eigenvalue weighted by atomic mass is 16.1. The number of nitrogens with zero attached hydrogens (tertiary/aromatic N) is 1. The predicted molar refractivity (Wildman–Crippen MR) is 71.0 cm³/mol. The van der Waals surface area contributed by atoms with Crippen molar-refractivity contribution in [3.63, 3.8) is 0 Å². The summed E-state index contributed by atoms with van der Waals surface area (Å²) in [5.74, 6) is 0.913. The number of hydrogen-bond donors (Lipinski definition) is 2. The van der Waals surface area contributed by atoms with Crippen molar-refractivity contribution in [2.75, 3.05) is 33.2 Å². The Morgan fingerprint density at radius 1 is 1.35 bits per heavy atom. The van der Waals surface area contributed by atoms with E-state index >= 15 is 0 Å². The molecule has 2 N–H and O–H groups in total. The first kappa shape index (κ1) is 14.5. The van der Waals surface area contributed by atoms with Gasteiger partial charge in [-0.25, -0.2) is 0 Å². The van der Waals surface area contributed by atoms with Gasteiger partial charge in [0.05, 0.1) is 6.54 Å². The number of hydrogen-bond acceptors (Lipinski definition) is 3. The van der Waals surface area contributed by atoms with E-state index < -0.39 is 0 Å². The summed E-state index contributed by atoms with van der Waals surface area (Å²) in [4.78, 5) is 13.8. The first-order valence-corrected chi connectivity index (χ1v) is 6.76. The zero-order valence-electron chi connectivity index (χ0n) is 11.5. The maximum atomic E-state index is 11.5. The lowest BCUT2D eigenvalue weighted by molar-refractivity contribution is -0.120. The molecule has 0 aromatic carbocycles. The van der Waals surface area contributed by atoms with Gasteiger partial charge in [0.2, 0.25) is 5.91 Å². The Balaban J connectivity index is 2.01. The molecule has 0 bridgehead atoms. The molecular formula is C13H27N3O. The minimum absolute atomic E-state index is 0.117. The van der Waals surface area contributed by atoms with Crippen LogP contribution in [0.5, 0.6) is 0 Å². The van der Waals surface area contributed by atoms with Crippen LogP contribution in [0.2, 0.25) is 0 Å². The van der Waals surface area contributed by atoms with Gasteiger partial charge in [-0.15, -0.1) is 0 Å². The van der Waals surface area contributed by atoms with Gasteiger partial charge in [0.1, 0.15) is 0 Å². The van der Waals surface area contributed by atoms with Crippen molar-refractivity contribution in [2.24, 2.45) is 5.92 Å². The predicted octanol–water partition coefficient (Wildman–Crippen LogP) is 0.833. The molecule has 0 saturated carbocycles. The normalized spacial score (nSPS) is 18.6. The average Bonchev–Trinajstić information content (AvgIpc) is 2.29. The van der Waals surface area contributed by atoms with Crippen LogP contribution < -0.4 is 10.6 Å². The van der Waals surface area contributed by atoms with Gasteiger partial charge < -0.3 is 15.5 Å². The van der Waals surface area contributed by atoms with Crippen LogP contribution in [0.1, 0.15) is 33.1 Å². The van der Waals surface area contributed by atoms with E-state index in [9.17, 15) is 4.79 Å². The number of likely N-dealkylation sites (tertiary alicyclic amines) is 1. The molecule has 1 heterocycles. The Hall–Kier alpha value is -0.610. The smallest absolute Gasteiger partial charge is 0.233 e. The monoisotopic (exact) mass is 241 g/mol. The van der Waals surface area contributed by atoms with E-state index in [2.05, 4.69) is 22.6 Å². The molecule has 0 atom stereocenters. The fourth-order valence-electron chi connectivity index (χ4n) is 2.13. The number of carbonyl (C=O) groups is 1. The highest BCUT2D eigenvalue weighted by molar-refractivity contribution is 5.77. The third-order valence-corrected chi connectivity index (χ3v) is 3.38. The molecule has 0 aliphatic carbocycles. The zero-order chi connectivity index (χ0) is 12.7. The van der Waals surface area contributed by atoms with Gasteiger partial charge in [-0.3, -0.25) is 4.79 Å². The SMILES string of the molecule is CC(C)NCC(=O)NCCC1CCN(C)CC1. The van der Waals surface area contributed by atoms with Crippen molar-refractivity contribution in [2.45, 2.75) is 39.2 Å². The minimum Gasteiger partial charge on any atom is -0.355 e. The number of carbonyl (C=O) groups excluding carboxylic acids is 1. The standard InChI is InChI=1S/C13H27N3O/c1-11(2)15-10-13(17)14-7-4-12-5-8-16(3)9-6-12/h11-12,15H,4-10H2,1-3H3,(H,14,17). The Kier molecular flexibility index (Phi) is 6.52. The zero-order valence-corrected chi connectivity index (χ0v) is 11.5. The van der Waals surface area contributed by atoms with E-state index in [0.29, 0.717) is 12.6 Å². The summed E-state index contributed by atoms with van der Waals surface area (Å²) in [5.41, 5.74) is 0. The Morgan fingerprint density at radius 3 is 2.59 bits per heavy atom. The van der Waals surface area contributed by atoms with Crippen LogP contribution in [0.3, 0.4) is 0 Å². The van der Waals surface area contributed by atoms with Gasteiger partial charge in [-0.2, -0.15) is 0 Å². The lowest BCUT2D eigenvalue weighted by atomic mass is 9.94. The maximum Gasteiger partial charge on any atom is 0.233 e. The van der Waals surface area contributed by atoms with Crippen molar-refractivity contribution in [1.82, 2.24) is 15.5 Å². The molecule has 4 nitrogen and oxygen atoms in total. The van der Waals surface area contributed by atoms with Crippen molar-refractivity contribution < 1.29 is 4.79 Å². The Labute approximate surface area is 105 Å². The molecule has 0 aromatic heterocycles. The van der Waals surface area contributed by atoms with Crippen molar-refractivity contribution in [3.05, 3.63) is 0 Å². The summed E-state index contributed by atoms with van der Waals surface area (Å²) in [6.45, 7) is 7.76. The van der Waals surface area contributed by atoms with Crippen LogP contribution in [0.4, 0.5) is 0 Å². The van der Waals surface area contributed by atoms with Crippen molar-refractivity contribution >= 4 is 5.91 Å². The molecule has 0 spiro atoms. The number of amides is 1. The molecule has 1 rings (SSSR count). The molecule has 17 heavy (non-hydrogen) atoms. The van der Waals surface area contributed by atoms with Crippen molar-refractivity contribution in [1.29, 1.82) is 0 Å². The molecule has 1 amide bonds. The highest BCUT2D eigenvalue weighted by Crippen LogP contribution is 2.18. The van der Waals surface area contributed by atoms with E-state index in [1.807, 2.05) is 13.8 Å². The van der Waals surface area contributed by atoms with Crippen LogP contribution in [-0.2, 0) is 4.79 Å². The third-order valence-electron chi connectivity index (χ3n) is 3.38. The van der Waals surface area contributed by atoms with Crippen LogP contribution >= 0.6 is 0 Å². The van der Waals surface area contributed by atoms with Gasteiger partial charge in [0.25, 0.3) is 0 Å². The van der Waals surface area contributed by atoms with Crippen LogP contribution in [0.15, 0.2) is 0 Å². The van der Waals surface area contributed by atoms with Gasteiger partial charge in [0.15, 0.2) is 0 Å².